The molecule has 0 saturated carbocycles. The van der Waals surface area contributed by atoms with E-state index in [0.717, 1.165) is 16.8 Å². The second kappa shape index (κ2) is 9.37. The Labute approximate surface area is 207 Å². The van der Waals surface area contributed by atoms with Crippen molar-refractivity contribution in [3.63, 3.8) is 0 Å². The van der Waals surface area contributed by atoms with Crippen LogP contribution in [-0.2, 0) is 13.6 Å². The Bertz CT molecular complexity index is 1540. The van der Waals surface area contributed by atoms with E-state index in [1.54, 1.807) is 29.9 Å². The van der Waals surface area contributed by atoms with Gasteiger partial charge in [-0.2, -0.15) is 0 Å². The largest absolute Gasteiger partial charge is 0.345 e. The van der Waals surface area contributed by atoms with Crippen LogP contribution in [0.4, 0.5) is 0 Å². The van der Waals surface area contributed by atoms with Gasteiger partial charge >= 0.3 is 0 Å². The van der Waals surface area contributed by atoms with Gasteiger partial charge in [-0.05, 0) is 56.0 Å². The normalized spacial score (nSPS) is 17.0. The molecule has 10 nitrogen and oxygen atoms in total. The van der Waals surface area contributed by atoms with Gasteiger partial charge in [0.1, 0.15) is 0 Å². The molecule has 2 aromatic heterocycles. The fourth-order valence-electron chi connectivity index (χ4n) is 4.78. The molecule has 10 heteroatoms. The molecule has 36 heavy (non-hydrogen) atoms. The molecule has 0 radical (unpaired) electrons. The van der Waals surface area contributed by atoms with Gasteiger partial charge in [0.15, 0.2) is 5.69 Å². The Balaban J connectivity index is 1.36. The van der Waals surface area contributed by atoms with Gasteiger partial charge in [-0.3, -0.25) is 14.4 Å². The lowest BCUT2D eigenvalue weighted by atomic mass is 9.84. The standard InChI is InChI=1S/C26H27N7O3/c1-4-33-15(2)23(30-31-33)25(35)29-22-12-11-21(17-7-5-6-8-18(17)22)28-24(34)16-9-10-20-19(13-16)26(36)32(3)14-27-20/h5-10,13-14,21-22H,4,11-12H2,1-3H3,(H,28,34)(H,29,35). The average molecular weight is 486 g/mol. The number of aryl methyl sites for hydroxylation is 2. The third-order valence-corrected chi connectivity index (χ3v) is 6.78. The van der Waals surface area contributed by atoms with Gasteiger partial charge in [-0.15, -0.1) is 5.10 Å². The maximum absolute atomic E-state index is 13.1. The van der Waals surface area contributed by atoms with Crippen LogP contribution in [0, 0.1) is 6.92 Å². The van der Waals surface area contributed by atoms with Gasteiger partial charge in [-0.25, -0.2) is 9.67 Å². The summed E-state index contributed by atoms with van der Waals surface area (Å²) in [6.07, 6.45) is 2.76. The number of carbonyl (C=O) groups is 2. The minimum absolute atomic E-state index is 0.203. The maximum Gasteiger partial charge on any atom is 0.274 e. The van der Waals surface area contributed by atoms with Gasteiger partial charge in [0.05, 0.1) is 35.0 Å². The first kappa shape index (κ1) is 23.4. The molecule has 2 aromatic carbocycles. The SMILES string of the molecule is CCn1nnc(C(=O)NC2CCC(NC(=O)c3ccc4ncn(C)c(=O)c4c3)c3ccccc32)c1C. The zero-order valence-corrected chi connectivity index (χ0v) is 20.4. The second-order valence-corrected chi connectivity index (χ2v) is 8.99. The number of benzene rings is 2. The number of carbonyl (C=O) groups excluding carboxylic acids is 2. The first-order chi connectivity index (χ1) is 17.4. The van der Waals surface area contributed by atoms with Crippen molar-refractivity contribution >= 4 is 22.7 Å². The first-order valence-electron chi connectivity index (χ1n) is 11.9. The predicted molar refractivity (Wildman–Crippen MR) is 134 cm³/mol. The second-order valence-electron chi connectivity index (χ2n) is 8.99. The number of nitrogens with zero attached hydrogens (tertiary/aromatic N) is 5. The minimum Gasteiger partial charge on any atom is -0.345 e. The van der Waals surface area contributed by atoms with Crippen LogP contribution in [0.3, 0.4) is 0 Å². The molecule has 1 aliphatic rings. The maximum atomic E-state index is 13.1. The average Bonchev–Trinajstić information content (AvgIpc) is 3.27. The number of hydrogen-bond donors (Lipinski definition) is 2. The van der Waals surface area contributed by atoms with E-state index >= 15 is 0 Å². The molecule has 2 unspecified atom stereocenters. The monoisotopic (exact) mass is 485 g/mol. The highest BCUT2D eigenvalue weighted by Gasteiger charge is 2.30. The van der Waals surface area contributed by atoms with Crippen LogP contribution in [0.15, 0.2) is 53.6 Å². The van der Waals surface area contributed by atoms with E-state index in [1.165, 1.54) is 10.9 Å². The van der Waals surface area contributed by atoms with Crippen molar-refractivity contribution in [3.05, 3.63) is 87.2 Å². The van der Waals surface area contributed by atoms with Gasteiger partial charge in [-0.1, -0.05) is 29.5 Å². The predicted octanol–water partition coefficient (Wildman–Crippen LogP) is 2.59. The number of amides is 2. The molecule has 0 bridgehead atoms. The molecule has 0 saturated heterocycles. The van der Waals surface area contributed by atoms with Crippen molar-refractivity contribution in [3.8, 4) is 0 Å². The summed E-state index contributed by atoms with van der Waals surface area (Å²) in [5, 5.41) is 14.7. The van der Waals surface area contributed by atoms with Crippen LogP contribution < -0.4 is 16.2 Å². The number of aromatic nitrogens is 5. The summed E-state index contributed by atoms with van der Waals surface area (Å²) in [6.45, 7) is 4.42. The lowest BCUT2D eigenvalue weighted by Crippen LogP contribution is -2.37. The lowest BCUT2D eigenvalue weighted by Gasteiger charge is -2.32. The third-order valence-electron chi connectivity index (χ3n) is 6.78. The number of rotatable bonds is 5. The van der Waals surface area contributed by atoms with Gasteiger partial charge < -0.3 is 15.2 Å². The summed E-state index contributed by atoms with van der Waals surface area (Å²) in [7, 11) is 1.63. The highest BCUT2D eigenvalue weighted by Crippen LogP contribution is 2.36. The quantitative estimate of drug-likeness (QED) is 0.448. The minimum atomic E-state index is -0.267. The summed E-state index contributed by atoms with van der Waals surface area (Å²) >= 11 is 0. The summed E-state index contributed by atoms with van der Waals surface area (Å²) in [5.74, 6) is -0.530. The summed E-state index contributed by atoms with van der Waals surface area (Å²) < 4.78 is 3.08. The summed E-state index contributed by atoms with van der Waals surface area (Å²) in [6, 6.07) is 12.3. The molecule has 2 atom stereocenters. The van der Waals surface area contributed by atoms with E-state index in [-0.39, 0.29) is 29.5 Å². The van der Waals surface area contributed by atoms with Crippen LogP contribution in [0.25, 0.3) is 10.9 Å². The van der Waals surface area contributed by atoms with Crippen molar-refractivity contribution in [2.24, 2.45) is 7.05 Å². The van der Waals surface area contributed by atoms with Crippen molar-refractivity contribution in [2.45, 2.75) is 45.3 Å². The van der Waals surface area contributed by atoms with Crippen molar-refractivity contribution in [2.75, 3.05) is 0 Å². The molecule has 0 aliphatic heterocycles. The molecule has 5 rings (SSSR count). The molecule has 2 heterocycles. The van der Waals surface area contributed by atoms with Gasteiger partial charge in [0.2, 0.25) is 0 Å². The molecule has 0 fully saturated rings. The third kappa shape index (κ3) is 4.15. The lowest BCUT2D eigenvalue weighted by molar-refractivity contribution is 0.0904. The fraction of sp³-hybridized carbons (Fsp3) is 0.308. The van der Waals surface area contributed by atoms with Gasteiger partial charge in [0.25, 0.3) is 17.4 Å². The topological polar surface area (TPSA) is 124 Å². The van der Waals surface area contributed by atoms with E-state index in [9.17, 15) is 14.4 Å². The van der Waals surface area contributed by atoms with Gasteiger partial charge in [0, 0.05) is 19.2 Å². The van der Waals surface area contributed by atoms with E-state index < -0.39 is 0 Å². The number of nitrogens with one attached hydrogen (secondary N) is 2. The Hall–Kier alpha value is -4.34. The van der Waals surface area contributed by atoms with Crippen LogP contribution in [0.5, 0.6) is 0 Å². The molecule has 1 aliphatic carbocycles. The van der Waals surface area contributed by atoms with E-state index in [1.807, 2.05) is 38.1 Å². The smallest absolute Gasteiger partial charge is 0.274 e. The molecule has 2 amide bonds. The molecule has 184 valence electrons. The zero-order chi connectivity index (χ0) is 25.4. The van der Waals surface area contributed by atoms with Crippen LogP contribution >= 0.6 is 0 Å². The summed E-state index contributed by atoms with van der Waals surface area (Å²) in [5.41, 5.74) is 3.70. The van der Waals surface area contributed by atoms with Crippen LogP contribution in [0.2, 0.25) is 0 Å². The highest BCUT2D eigenvalue weighted by atomic mass is 16.2. The van der Waals surface area contributed by atoms with E-state index in [4.69, 9.17) is 0 Å². The van der Waals surface area contributed by atoms with Crippen LogP contribution in [0.1, 0.15) is 69.5 Å². The molecule has 0 spiro atoms. The van der Waals surface area contributed by atoms with Crippen molar-refractivity contribution in [1.29, 1.82) is 0 Å². The Morgan fingerprint density at radius 2 is 1.69 bits per heavy atom. The Kier molecular flexibility index (Phi) is 6.09. The number of fused-ring (bicyclic) bond motifs is 2. The highest BCUT2D eigenvalue weighted by molar-refractivity contribution is 5.98. The molecule has 2 N–H and O–H groups in total. The zero-order valence-electron chi connectivity index (χ0n) is 20.4. The Morgan fingerprint density at radius 1 is 1.03 bits per heavy atom. The van der Waals surface area contributed by atoms with E-state index in [2.05, 4.69) is 25.9 Å². The first-order valence-corrected chi connectivity index (χ1v) is 11.9. The fourth-order valence-corrected chi connectivity index (χ4v) is 4.78. The molecular weight excluding hydrogens is 458 g/mol. The van der Waals surface area contributed by atoms with E-state index in [0.29, 0.717) is 41.5 Å². The van der Waals surface area contributed by atoms with Crippen molar-refractivity contribution < 1.29 is 9.59 Å². The molecular formula is C26H27N7O3. The van der Waals surface area contributed by atoms with Crippen LogP contribution in [-0.4, -0.2) is 36.4 Å². The summed E-state index contributed by atoms with van der Waals surface area (Å²) in [4.78, 5) is 42.8. The Morgan fingerprint density at radius 3 is 2.33 bits per heavy atom. The number of hydrogen-bond acceptors (Lipinski definition) is 6. The molecule has 4 aromatic rings. The van der Waals surface area contributed by atoms with Crippen molar-refractivity contribution in [1.82, 2.24) is 35.2 Å².